The quantitative estimate of drug-likeness (QED) is 0.799. The lowest BCUT2D eigenvalue weighted by atomic mass is 10.0. The number of hydrogen-bond donors (Lipinski definition) is 1. The third-order valence-corrected chi connectivity index (χ3v) is 3.42. The summed E-state index contributed by atoms with van der Waals surface area (Å²) in [6.07, 6.45) is 2.88. The van der Waals surface area contributed by atoms with Gasteiger partial charge in [0.25, 0.3) is 0 Å². The molecule has 102 valence electrons. The monoisotopic (exact) mass is 242 g/mol. The van der Waals surface area contributed by atoms with Crippen LogP contribution in [0.1, 0.15) is 40.5 Å². The van der Waals surface area contributed by atoms with E-state index in [0.717, 1.165) is 6.54 Å². The first kappa shape index (κ1) is 14.9. The average Bonchev–Trinajstić information content (AvgIpc) is 2.27. The smallest absolute Gasteiger partial charge is 0.0595 e. The summed E-state index contributed by atoms with van der Waals surface area (Å²) in [5, 5.41) is 3.58. The zero-order valence-electron chi connectivity index (χ0n) is 12.3. The number of piperidine rings is 1. The lowest BCUT2D eigenvalue weighted by Crippen LogP contribution is -2.43. The van der Waals surface area contributed by atoms with Crippen LogP contribution in [-0.2, 0) is 4.74 Å². The first-order valence-corrected chi connectivity index (χ1v) is 6.91. The second-order valence-corrected chi connectivity index (χ2v) is 6.47. The van der Waals surface area contributed by atoms with Crippen molar-refractivity contribution in [3.05, 3.63) is 0 Å². The number of nitrogens with one attached hydrogen (secondary N) is 1. The minimum absolute atomic E-state index is 0.233. The van der Waals surface area contributed by atoms with Crippen molar-refractivity contribution < 1.29 is 4.74 Å². The van der Waals surface area contributed by atoms with Crippen LogP contribution >= 0.6 is 0 Å². The van der Waals surface area contributed by atoms with Crippen molar-refractivity contribution in [3.8, 4) is 0 Å². The molecule has 0 amide bonds. The second kappa shape index (κ2) is 6.72. The first-order chi connectivity index (χ1) is 7.90. The van der Waals surface area contributed by atoms with Crippen LogP contribution in [0.4, 0.5) is 0 Å². The van der Waals surface area contributed by atoms with E-state index < -0.39 is 0 Å². The Morgan fingerprint density at radius 2 is 1.88 bits per heavy atom. The van der Waals surface area contributed by atoms with Gasteiger partial charge in [0.15, 0.2) is 0 Å². The van der Waals surface area contributed by atoms with Gasteiger partial charge in [-0.2, -0.15) is 0 Å². The molecule has 3 heteroatoms. The lowest BCUT2D eigenvalue weighted by molar-refractivity contribution is 0.0371. The van der Waals surface area contributed by atoms with Crippen LogP contribution in [0.15, 0.2) is 0 Å². The number of methoxy groups -OCH3 is 1. The van der Waals surface area contributed by atoms with Crippen LogP contribution < -0.4 is 5.32 Å². The highest BCUT2D eigenvalue weighted by molar-refractivity contribution is 4.76. The molecule has 0 radical (unpaired) electrons. The van der Waals surface area contributed by atoms with Crippen LogP contribution in [-0.4, -0.2) is 49.8 Å². The number of ether oxygens (including phenoxy) is 1. The molecule has 1 fully saturated rings. The number of hydrogen-bond acceptors (Lipinski definition) is 3. The molecule has 3 nitrogen and oxygen atoms in total. The third-order valence-electron chi connectivity index (χ3n) is 3.42. The van der Waals surface area contributed by atoms with Crippen molar-refractivity contribution in [1.82, 2.24) is 10.2 Å². The molecule has 0 bridgehead atoms. The third kappa shape index (κ3) is 6.39. The number of likely N-dealkylation sites (tertiary alicyclic amines) is 1. The fourth-order valence-corrected chi connectivity index (χ4v) is 2.31. The predicted molar refractivity (Wildman–Crippen MR) is 73.4 cm³/mol. The van der Waals surface area contributed by atoms with Gasteiger partial charge in [-0.25, -0.2) is 0 Å². The van der Waals surface area contributed by atoms with E-state index in [1.54, 1.807) is 0 Å². The summed E-state index contributed by atoms with van der Waals surface area (Å²) in [7, 11) is 1.83. The number of rotatable bonds is 5. The number of nitrogens with zero attached hydrogens (tertiary/aromatic N) is 1. The highest BCUT2D eigenvalue weighted by atomic mass is 16.5. The summed E-state index contributed by atoms with van der Waals surface area (Å²) in [5.41, 5.74) is 0.233. The topological polar surface area (TPSA) is 24.5 Å². The normalized spacial score (nSPS) is 21.7. The Kier molecular flexibility index (Phi) is 5.90. The lowest BCUT2D eigenvalue weighted by Gasteiger charge is -2.33. The Morgan fingerprint density at radius 3 is 2.35 bits per heavy atom. The van der Waals surface area contributed by atoms with E-state index in [-0.39, 0.29) is 5.54 Å². The van der Waals surface area contributed by atoms with Gasteiger partial charge in [0.2, 0.25) is 0 Å². The molecule has 1 aliphatic rings. The molecule has 0 spiro atoms. The van der Waals surface area contributed by atoms with Crippen LogP contribution in [0.3, 0.4) is 0 Å². The van der Waals surface area contributed by atoms with Crippen LogP contribution in [0, 0.1) is 5.92 Å². The molecule has 1 N–H and O–H groups in total. The van der Waals surface area contributed by atoms with E-state index in [1.165, 1.54) is 32.5 Å². The summed E-state index contributed by atoms with van der Waals surface area (Å²) in [6.45, 7) is 13.7. The highest BCUT2D eigenvalue weighted by Gasteiger charge is 2.20. The molecule has 1 atom stereocenters. The van der Waals surface area contributed by atoms with Crippen molar-refractivity contribution in [2.75, 3.05) is 33.3 Å². The Morgan fingerprint density at radius 1 is 1.29 bits per heavy atom. The summed E-state index contributed by atoms with van der Waals surface area (Å²) in [4.78, 5) is 2.57. The van der Waals surface area contributed by atoms with Crippen LogP contribution in [0.25, 0.3) is 0 Å². The van der Waals surface area contributed by atoms with Gasteiger partial charge in [-0.05, 0) is 46.1 Å². The first-order valence-electron chi connectivity index (χ1n) is 6.91. The molecule has 1 aliphatic heterocycles. The van der Waals surface area contributed by atoms with Gasteiger partial charge in [-0.1, -0.05) is 6.92 Å². The molecule has 1 saturated heterocycles. The molecule has 0 aromatic rings. The maximum atomic E-state index is 5.40. The van der Waals surface area contributed by atoms with Crippen molar-refractivity contribution in [3.63, 3.8) is 0 Å². The summed E-state index contributed by atoms with van der Waals surface area (Å²) >= 11 is 0. The average molecular weight is 242 g/mol. The summed E-state index contributed by atoms with van der Waals surface area (Å²) in [6, 6.07) is 0. The fraction of sp³-hybridized carbons (Fsp3) is 1.00. The maximum absolute atomic E-state index is 5.40. The molecule has 0 saturated carbocycles. The molecular weight excluding hydrogens is 212 g/mol. The molecule has 0 aromatic carbocycles. The highest BCUT2D eigenvalue weighted by Crippen LogP contribution is 2.14. The minimum atomic E-state index is 0.233. The molecule has 1 unspecified atom stereocenters. The second-order valence-electron chi connectivity index (χ2n) is 6.47. The van der Waals surface area contributed by atoms with Crippen LogP contribution in [0.2, 0.25) is 0 Å². The maximum Gasteiger partial charge on any atom is 0.0595 e. The van der Waals surface area contributed by atoms with Gasteiger partial charge < -0.3 is 15.0 Å². The van der Waals surface area contributed by atoms with Gasteiger partial charge >= 0.3 is 0 Å². The predicted octanol–water partition coefficient (Wildman–Crippen LogP) is 2.12. The largest absolute Gasteiger partial charge is 0.381 e. The SMILES string of the molecule is COC1CCN(CC(C)CNC(C)(C)C)CC1. The fourth-order valence-electron chi connectivity index (χ4n) is 2.31. The Labute approximate surface area is 107 Å². The molecule has 1 heterocycles. The van der Waals surface area contributed by atoms with Gasteiger partial charge in [-0.15, -0.1) is 0 Å². The van der Waals surface area contributed by atoms with E-state index in [2.05, 4.69) is 37.9 Å². The summed E-state index contributed by atoms with van der Waals surface area (Å²) in [5.74, 6) is 0.716. The Hall–Kier alpha value is -0.120. The standard InChI is InChI=1S/C14H30N2O/c1-12(10-15-14(2,3)4)11-16-8-6-13(17-5)7-9-16/h12-13,15H,6-11H2,1-5H3. The molecule has 0 aromatic heterocycles. The Bertz CT molecular complexity index is 205. The molecule has 17 heavy (non-hydrogen) atoms. The van der Waals surface area contributed by atoms with Crippen molar-refractivity contribution in [2.45, 2.75) is 52.2 Å². The van der Waals surface area contributed by atoms with Gasteiger partial charge in [0.05, 0.1) is 6.10 Å². The van der Waals surface area contributed by atoms with Crippen molar-refractivity contribution in [2.24, 2.45) is 5.92 Å². The Balaban J connectivity index is 2.17. The van der Waals surface area contributed by atoms with Crippen LogP contribution in [0.5, 0.6) is 0 Å². The van der Waals surface area contributed by atoms with Crippen molar-refractivity contribution in [1.29, 1.82) is 0 Å². The zero-order valence-corrected chi connectivity index (χ0v) is 12.3. The van der Waals surface area contributed by atoms with E-state index in [4.69, 9.17) is 4.74 Å². The molecule has 1 rings (SSSR count). The van der Waals surface area contributed by atoms with E-state index in [0.29, 0.717) is 12.0 Å². The van der Waals surface area contributed by atoms with Gasteiger partial charge in [0, 0.05) is 32.3 Å². The van der Waals surface area contributed by atoms with Gasteiger partial charge in [-0.3, -0.25) is 0 Å². The van der Waals surface area contributed by atoms with E-state index in [1.807, 2.05) is 7.11 Å². The molecule has 0 aliphatic carbocycles. The summed E-state index contributed by atoms with van der Waals surface area (Å²) < 4.78 is 5.40. The van der Waals surface area contributed by atoms with Crippen molar-refractivity contribution >= 4 is 0 Å². The molecular formula is C14H30N2O. The van der Waals surface area contributed by atoms with Gasteiger partial charge in [0.1, 0.15) is 0 Å². The zero-order chi connectivity index (χ0) is 12.9. The van der Waals surface area contributed by atoms with E-state index >= 15 is 0 Å². The van der Waals surface area contributed by atoms with E-state index in [9.17, 15) is 0 Å². The minimum Gasteiger partial charge on any atom is -0.381 e.